The minimum Gasteiger partial charge on any atom is -0.495 e. The lowest BCUT2D eigenvalue weighted by Gasteiger charge is -2.30. The smallest absolute Gasteiger partial charge is 0.182 e. The molecule has 0 fully saturated rings. The molecule has 0 aliphatic carbocycles. The highest BCUT2D eigenvalue weighted by molar-refractivity contribution is 4.96. The number of hydrogen-bond acceptors (Lipinski definition) is 2. The number of aliphatic hydroxyl groups excluding tert-OH is 1. The third-order valence-corrected chi connectivity index (χ3v) is 1.85. The molecule has 2 heteroatoms. The van der Waals surface area contributed by atoms with Crippen LogP contribution in [0.15, 0.2) is 12.0 Å². The zero-order valence-electron chi connectivity index (χ0n) is 6.67. The molecule has 0 saturated carbocycles. The molecule has 0 aromatic carbocycles. The number of aliphatic hydroxyl groups is 1. The zero-order chi connectivity index (χ0) is 7.56. The van der Waals surface area contributed by atoms with E-state index in [1.165, 1.54) is 6.42 Å². The molecule has 0 spiro atoms. The van der Waals surface area contributed by atoms with Crippen LogP contribution in [0.25, 0.3) is 0 Å². The molecule has 0 aromatic rings. The summed E-state index contributed by atoms with van der Waals surface area (Å²) in [7, 11) is 0. The van der Waals surface area contributed by atoms with Gasteiger partial charge in [-0.1, -0.05) is 0 Å². The van der Waals surface area contributed by atoms with Gasteiger partial charge in [-0.15, -0.1) is 0 Å². The van der Waals surface area contributed by atoms with Crippen LogP contribution in [-0.2, 0) is 0 Å². The molecule has 0 amide bonds. The van der Waals surface area contributed by atoms with Crippen LogP contribution in [0, 0.1) is 0 Å². The summed E-state index contributed by atoms with van der Waals surface area (Å²) >= 11 is 0. The second kappa shape index (κ2) is 2.95. The van der Waals surface area contributed by atoms with Crippen molar-refractivity contribution < 1.29 is 5.11 Å². The van der Waals surface area contributed by atoms with Crippen LogP contribution in [0.2, 0.25) is 0 Å². The van der Waals surface area contributed by atoms with Gasteiger partial charge in [-0.05, 0) is 32.8 Å². The van der Waals surface area contributed by atoms with Gasteiger partial charge in [0.1, 0.15) is 0 Å². The molecule has 0 saturated heterocycles. The van der Waals surface area contributed by atoms with Gasteiger partial charge < -0.3 is 10.0 Å². The largest absolute Gasteiger partial charge is 0.495 e. The highest BCUT2D eigenvalue weighted by Gasteiger charge is 2.14. The highest BCUT2D eigenvalue weighted by atomic mass is 16.3. The predicted octanol–water partition coefficient (Wildman–Crippen LogP) is 1.89. The lowest BCUT2D eigenvalue weighted by atomic mass is 10.2. The lowest BCUT2D eigenvalue weighted by molar-refractivity contribution is 0.154. The van der Waals surface area contributed by atoms with E-state index in [-0.39, 0.29) is 0 Å². The summed E-state index contributed by atoms with van der Waals surface area (Å²) in [6.45, 7) is 5.19. The van der Waals surface area contributed by atoms with Gasteiger partial charge in [-0.3, -0.25) is 0 Å². The monoisotopic (exact) mass is 141 g/mol. The van der Waals surface area contributed by atoms with Gasteiger partial charge in [0.25, 0.3) is 0 Å². The van der Waals surface area contributed by atoms with Crippen LogP contribution < -0.4 is 0 Å². The van der Waals surface area contributed by atoms with Gasteiger partial charge in [-0.2, -0.15) is 0 Å². The van der Waals surface area contributed by atoms with E-state index < -0.39 is 0 Å². The quantitative estimate of drug-likeness (QED) is 0.602. The molecule has 0 atom stereocenters. The SMILES string of the molecule is CC(C)N1CCCC=C1O. The van der Waals surface area contributed by atoms with Gasteiger partial charge in [0.2, 0.25) is 0 Å². The van der Waals surface area contributed by atoms with Crippen LogP contribution in [0.4, 0.5) is 0 Å². The Kier molecular flexibility index (Phi) is 2.20. The molecule has 1 heterocycles. The van der Waals surface area contributed by atoms with Crippen LogP contribution in [-0.4, -0.2) is 22.6 Å². The van der Waals surface area contributed by atoms with Gasteiger partial charge in [0, 0.05) is 12.6 Å². The van der Waals surface area contributed by atoms with E-state index in [0.29, 0.717) is 11.9 Å². The summed E-state index contributed by atoms with van der Waals surface area (Å²) in [4.78, 5) is 2.02. The predicted molar refractivity (Wildman–Crippen MR) is 41.8 cm³/mol. The van der Waals surface area contributed by atoms with Gasteiger partial charge >= 0.3 is 0 Å². The molecule has 2 nitrogen and oxygen atoms in total. The van der Waals surface area contributed by atoms with Crippen molar-refractivity contribution in [3.05, 3.63) is 12.0 Å². The van der Waals surface area contributed by atoms with E-state index in [4.69, 9.17) is 0 Å². The van der Waals surface area contributed by atoms with Crippen molar-refractivity contribution in [2.45, 2.75) is 32.7 Å². The molecule has 1 aliphatic rings. The fourth-order valence-corrected chi connectivity index (χ4v) is 1.25. The fraction of sp³-hybridized carbons (Fsp3) is 0.750. The highest BCUT2D eigenvalue weighted by Crippen LogP contribution is 2.14. The average Bonchev–Trinajstić information content (AvgIpc) is 1.88. The van der Waals surface area contributed by atoms with Crippen molar-refractivity contribution in [2.24, 2.45) is 0 Å². The molecular weight excluding hydrogens is 126 g/mol. The maximum Gasteiger partial charge on any atom is 0.182 e. The van der Waals surface area contributed by atoms with Crippen molar-refractivity contribution in [1.82, 2.24) is 4.90 Å². The van der Waals surface area contributed by atoms with Crippen molar-refractivity contribution in [2.75, 3.05) is 6.54 Å². The first-order valence-electron chi connectivity index (χ1n) is 3.87. The topological polar surface area (TPSA) is 23.5 Å². The normalized spacial score (nSPS) is 19.5. The first kappa shape index (κ1) is 7.45. The summed E-state index contributed by atoms with van der Waals surface area (Å²) in [6.07, 6.45) is 4.08. The molecule has 1 rings (SSSR count). The Morgan fingerprint density at radius 1 is 1.60 bits per heavy atom. The summed E-state index contributed by atoms with van der Waals surface area (Å²) in [6, 6.07) is 0.427. The van der Waals surface area contributed by atoms with Crippen molar-refractivity contribution in [3.8, 4) is 0 Å². The third kappa shape index (κ3) is 1.43. The Labute approximate surface area is 62.2 Å². The Bertz CT molecular complexity index is 140. The van der Waals surface area contributed by atoms with Crippen LogP contribution in [0.5, 0.6) is 0 Å². The summed E-state index contributed by atoms with van der Waals surface area (Å²) in [5, 5.41) is 9.33. The van der Waals surface area contributed by atoms with E-state index in [1.807, 2.05) is 11.0 Å². The average molecular weight is 141 g/mol. The minimum atomic E-state index is 0.427. The summed E-state index contributed by atoms with van der Waals surface area (Å²) in [5.74, 6) is 0.459. The van der Waals surface area contributed by atoms with Gasteiger partial charge in [-0.25, -0.2) is 0 Å². The van der Waals surface area contributed by atoms with Crippen LogP contribution >= 0.6 is 0 Å². The molecule has 0 radical (unpaired) electrons. The van der Waals surface area contributed by atoms with Crippen molar-refractivity contribution in [1.29, 1.82) is 0 Å². The second-order valence-corrected chi connectivity index (χ2v) is 2.99. The zero-order valence-corrected chi connectivity index (χ0v) is 6.67. The van der Waals surface area contributed by atoms with Crippen molar-refractivity contribution in [3.63, 3.8) is 0 Å². The molecule has 1 N–H and O–H groups in total. The Morgan fingerprint density at radius 2 is 2.30 bits per heavy atom. The van der Waals surface area contributed by atoms with E-state index in [9.17, 15) is 5.11 Å². The van der Waals surface area contributed by atoms with Gasteiger partial charge in [0.05, 0.1) is 0 Å². The maximum atomic E-state index is 9.33. The molecule has 0 unspecified atom stereocenters. The third-order valence-electron chi connectivity index (χ3n) is 1.85. The van der Waals surface area contributed by atoms with Gasteiger partial charge in [0.15, 0.2) is 5.88 Å². The number of nitrogens with zero attached hydrogens (tertiary/aromatic N) is 1. The molecular formula is C8H15NO. The second-order valence-electron chi connectivity index (χ2n) is 2.99. The maximum absolute atomic E-state index is 9.33. The Balaban J connectivity index is 2.58. The fourth-order valence-electron chi connectivity index (χ4n) is 1.25. The number of rotatable bonds is 1. The Morgan fingerprint density at radius 3 is 2.70 bits per heavy atom. The molecule has 0 bridgehead atoms. The van der Waals surface area contributed by atoms with Crippen LogP contribution in [0.3, 0.4) is 0 Å². The number of hydrogen-bond donors (Lipinski definition) is 1. The standard InChI is InChI=1S/C8H15NO/c1-7(2)9-6-4-3-5-8(9)10/h5,7,10H,3-4,6H2,1-2H3. The van der Waals surface area contributed by atoms with E-state index in [2.05, 4.69) is 13.8 Å². The molecule has 10 heavy (non-hydrogen) atoms. The molecule has 1 aliphatic heterocycles. The lowest BCUT2D eigenvalue weighted by Crippen LogP contribution is -2.32. The van der Waals surface area contributed by atoms with Crippen molar-refractivity contribution >= 4 is 0 Å². The number of allylic oxidation sites excluding steroid dienone is 1. The first-order valence-corrected chi connectivity index (χ1v) is 3.87. The molecule has 0 aromatic heterocycles. The minimum absolute atomic E-state index is 0.427. The van der Waals surface area contributed by atoms with Crippen LogP contribution in [0.1, 0.15) is 26.7 Å². The Hall–Kier alpha value is -0.660. The summed E-state index contributed by atoms with van der Waals surface area (Å²) in [5.41, 5.74) is 0. The van der Waals surface area contributed by atoms with E-state index in [1.54, 1.807) is 0 Å². The van der Waals surface area contributed by atoms with E-state index >= 15 is 0 Å². The molecule has 58 valence electrons. The van der Waals surface area contributed by atoms with E-state index in [0.717, 1.165) is 13.0 Å². The summed E-state index contributed by atoms with van der Waals surface area (Å²) < 4.78 is 0. The first-order chi connectivity index (χ1) is 4.72.